The second kappa shape index (κ2) is 10.7. The summed E-state index contributed by atoms with van der Waals surface area (Å²) < 4.78 is 7.89. The quantitative estimate of drug-likeness (QED) is 0.313. The van der Waals surface area contributed by atoms with E-state index >= 15 is 0 Å². The number of hydrogen-bond acceptors (Lipinski definition) is 8. The number of nitrogens with one attached hydrogen (secondary N) is 1. The molecule has 0 radical (unpaired) electrons. The Bertz CT molecular complexity index is 764. The van der Waals surface area contributed by atoms with Gasteiger partial charge in [-0.05, 0) is 32.4 Å². The minimum atomic E-state index is -0.624. The van der Waals surface area contributed by atoms with Crippen molar-refractivity contribution < 1.29 is 19.2 Å². The van der Waals surface area contributed by atoms with E-state index in [1.807, 2.05) is 39.0 Å². The average Bonchev–Trinajstić information content (AvgIpc) is 3.09. The normalized spacial score (nSPS) is 18.7. The highest BCUT2D eigenvalue weighted by Gasteiger charge is 2.27. The third kappa shape index (κ3) is 6.81. The molecule has 1 aliphatic heterocycles. The minimum absolute atomic E-state index is 0.0555. The first-order valence-electron chi connectivity index (χ1n) is 8.92. The lowest BCUT2D eigenvalue weighted by molar-refractivity contribution is 0.0372. The Morgan fingerprint density at radius 3 is 2.66 bits per heavy atom. The van der Waals surface area contributed by atoms with E-state index in [0.29, 0.717) is 5.94 Å². The SMILES string of the molecule is Cc1ccc(N=CN(C)C(=O)N(C)SN(C)C(=O)ONC2SCOC2C)c(C)c1. The highest BCUT2D eigenvalue weighted by atomic mass is 32.2. The number of aryl methyl sites for hydroxylation is 2. The molecule has 1 aromatic carbocycles. The molecule has 9 nitrogen and oxygen atoms in total. The van der Waals surface area contributed by atoms with E-state index in [4.69, 9.17) is 9.57 Å². The molecule has 1 heterocycles. The molecule has 1 aliphatic rings. The molecule has 1 aromatic rings. The summed E-state index contributed by atoms with van der Waals surface area (Å²) in [5.41, 5.74) is 5.66. The fraction of sp³-hybridized carbons (Fsp3) is 0.500. The first kappa shape index (κ1) is 23.3. The van der Waals surface area contributed by atoms with Crippen LogP contribution in [-0.2, 0) is 9.57 Å². The molecule has 0 bridgehead atoms. The zero-order valence-corrected chi connectivity index (χ0v) is 19.0. The highest BCUT2D eigenvalue weighted by molar-refractivity contribution is 8.00. The maximum Gasteiger partial charge on any atom is 0.439 e. The number of aliphatic imine (C=N–C) groups is 1. The van der Waals surface area contributed by atoms with Crippen LogP contribution in [0, 0.1) is 13.8 Å². The first-order chi connectivity index (χ1) is 13.7. The lowest BCUT2D eigenvalue weighted by Crippen LogP contribution is -2.40. The molecule has 0 aromatic heterocycles. The number of thioether (sulfide) groups is 1. The van der Waals surface area contributed by atoms with Crippen LogP contribution in [0.2, 0.25) is 0 Å². The van der Waals surface area contributed by atoms with Crippen molar-refractivity contribution in [3.8, 4) is 0 Å². The Balaban J connectivity index is 1.83. The van der Waals surface area contributed by atoms with Gasteiger partial charge in [0.2, 0.25) is 0 Å². The second-order valence-corrected chi connectivity index (χ2v) is 8.90. The van der Waals surface area contributed by atoms with Crippen LogP contribution in [0.1, 0.15) is 18.1 Å². The molecule has 1 N–H and O–H groups in total. The lowest BCUT2D eigenvalue weighted by atomic mass is 10.1. The summed E-state index contributed by atoms with van der Waals surface area (Å²) in [6, 6.07) is 5.56. The first-order valence-corrected chi connectivity index (χ1v) is 10.7. The molecule has 1 saturated heterocycles. The highest BCUT2D eigenvalue weighted by Crippen LogP contribution is 2.24. The minimum Gasteiger partial charge on any atom is -0.365 e. The van der Waals surface area contributed by atoms with Crippen LogP contribution in [0.25, 0.3) is 0 Å². The van der Waals surface area contributed by atoms with Gasteiger partial charge in [-0.1, -0.05) is 17.7 Å². The number of hydrogen-bond donors (Lipinski definition) is 1. The summed E-state index contributed by atoms with van der Waals surface area (Å²) in [4.78, 5) is 35.4. The van der Waals surface area contributed by atoms with E-state index in [1.165, 1.54) is 38.7 Å². The Morgan fingerprint density at radius 2 is 2.03 bits per heavy atom. The number of nitrogens with zero attached hydrogens (tertiary/aromatic N) is 4. The Kier molecular flexibility index (Phi) is 8.62. The summed E-state index contributed by atoms with van der Waals surface area (Å²) in [6.07, 6.45) is 0.774. The fourth-order valence-electron chi connectivity index (χ4n) is 2.37. The van der Waals surface area contributed by atoms with E-state index in [1.54, 1.807) is 14.1 Å². The zero-order chi connectivity index (χ0) is 21.6. The summed E-state index contributed by atoms with van der Waals surface area (Å²) in [6.45, 7) is 5.88. The number of hydroxylamine groups is 1. The van der Waals surface area contributed by atoms with Crippen molar-refractivity contribution in [3.05, 3.63) is 29.3 Å². The molecule has 160 valence electrons. The van der Waals surface area contributed by atoms with Crippen molar-refractivity contribution in [2.75, 3.05) is 27.1 Å². The van der Waals surface area contributed by atoms with Crippen LogP contribution < -0.4 is 5.48 Å². The molecule has 0 aliphatic carbocycles. The van der Waals surface area contributed by atoms with E-state index in [2.05, 4.69) is 10.5 Å². The van der Waals surface area contributed by atoms with Gasteiger partial charge in [0.05, 0.1) is 36.2 Å². The molecule has 2 rings (SSSR count). The van der Waals surface area contributed by atoms with Crippen molar-refractivity contribution in [1.29, 1.82) is 0 Å². The molecule has 0 spiro atoms. The smallest absolute Gasteiger partial charge is 0.365 e. The van der Waals surface area contributed by atoms with Crippen LogP contribution in [0.4, 0.5) is 15.3 Å². The molecule has 1 fully saturated rings. The van der Waals surface area contributed by atoms with Crippen LogP contribution >= 0.6 is 23.9 Å². The van der Waals surface area contributed by atoms with Crippen LogP contribution in [0.5, 0.6) is 0 Å². The number of amides is 3. The molecule has 0 saturated carbocycles. The van der Waals surface area contributed by atoms with Gasteiger partial charge in [-0.2, -0.15) is 0 Å². The van der Waals surface area contributed by atoms with E-state index in [0.717, 1.165) is 28.9 Å². The largest absolute Gasteiger partial charge is 0.439 e. The molecule has 11 heteroatoms. The second-order valence-electron chi connectivity index (χ2n) is 6.57. The van der Waals surface area contributed by atoms with Crippen LogP contribution in [0.15, 0.2) is 23.2 Å². The predicted molar refractivity (Wildman–Crippen MR) is 117 cm³/mol. The maximum atomic E-state index is 12.5. The van der Waals surface area contributed by atoms with Gasteiger partial charge in [-0.25, -0.2) is 18.9 Å². The number of ether oxygens (including phenoxy) is 1. The average molecular weight is 442 g/mol. The van der Waals surface area contributed by atoms with Gasteiger partial charge in [0, 0.05) is 21.1 Å². The third-order valence-corrected chi connectivity index (χ3v) is 5.97. The maximum absolute atomic E-state index is 12.5. The Hall–Kier alpha value is -1.95. The molecule has 2 atom stereocenters. The summed E-state index contributed by atoms with van der Waals surface area (Å²) in [5.74, 6) is 0.550. The van der Waals surface area contributed by atoms with Crippen molar-refractivity contribution in [2.45, 2.75) is 32.2 Å². The van der Waals surface area contributed by atoms with Gasteiger partial charge in [0.25, 0.3) is 0 Å². The van der Waals surface area contributed by atoms with Gasteiger partial charge in [-0.15, -0.1) is 17.2 Å². The van der Waals surface area contributed by atoms with Crippen molar-refractivity contribution in [2.24, 2.45) is 4.99 Å². The number of carbonyl (C=O) groups excluding carboxylic acids is 2. The fourth-order valence-corrected chi connectivity index (χ4v) is 3.94. The summed E-state index contributed by atoms with van der Waals surface area (Å²) in [7, 11) is 4.68. The van der Waals surface area contributed by atoms with Crippen molar-refractivity contribution in [3.63, 3.8) is 0 Å². The Labute approximate surface area is 180 Å². The van der Waals surface area contributed by atoms with Crippen LogP contribution in [-0.4, -0.2) is 70.5 Å². The van der Waals surface area contributed by atoms with Gasteiger partial charge in [-0.3, -0.25) is 9.21 Å². The topological polar surface area (TPSA) is 86.7 Å². The molecule has 29 heavy (non-hydrogen) atoms. The number of urea groups is 1. The van der Waals surface area contributed by atoms with E-state index in [9.17, 15) is 9.59 Å². The lowest BCUT2D eigenvalue weighted by Gasteiger charge is -2.25. The predicted octanol–water partition coefficient (Wildman–Crippen LogP) is 3.52. The Morgan fingerprint density at radius 1 is 1.31 bits per heavy atom. The number of benzene rings is 1. The monoisotopic (exact) mass is 441 g/mol. The zero-order valence-electron chi connectivity index (χ0n) is 17.4. The standard InChI is InChI=1S/C18H27N5O4S2/c1-12-7-8-15(13(2)9-12)19-10-21(4)17(24)22(5)29-23(6)18(25)27-20-16-14(3)26-11-28-16/h7-10,14,16,20H,11H2,1-6H3. The third-order valence-electron chi connectivity index (χ3n) is 4.06. The van der Waals surface area contributed by atoms with Crippen molar-refractivity contribution >= 4 is 48.0 Å². The molecular formula is C18H27N5O4S2. The number of rotatable bonds is 6. The van der Waals surface area contributed by atoms with Gasteiger partial charge >= 0.3 is 12.1 Å². The van der Waals surface area contributed by atoms with E-state index in [-0.39, 0.29) is 17.5 Å². The molecule has 3 amide bonds. The number of carbonyl (C=O) groups is 2. The van der Waals surface area contributed by atoms with Crippen LogP contribution in [0.3, 0.4) is 0 Å². The molecule has 2 unspecified atom stereocenters. The van der Waals surface area contributed by atoms with Gasteiger partial charge in [0.15, 0.2) is 0 Å². The summed E-state index contributed by atoms with van der Waals surface area (Å²) >= 11 is 2.43. The van der Waals surface area contributed by atoms with Gasteiger partial charge in [0.1, 0.15) is 5.37 Å². The van der Waals surface area contributed by atoms with Gasteiger partial charge < -0.3 is 9.57 Å². The van der Waals surface area contributed by atoms with E-state index < -0.39 is 6.09 Å². The van der Waals surface area contributed by atoms with Crippen molar-refractivity contribution in [1.82, 2.24) is 19.0 Å². The summed E-state index contributed by atoms with van der Waals surface area (Å²) in [5, 5.41) is -0.121. The molecular weight excluding hydrogens is 414 g/mol.